The van der Waals surface area contributed by atoms with Gasteiger partial charge in [0.1, 0.15) is 11.5 Å². The van der Waals surface area contributed by atoms with Crippen LogP contribution in [0.3, 0.4) is 0 Å². The molecule has 1 saturated carbocycles. The fraction of sp³-hybridized carbons (Fsp3) is 0.611. The second-order valence-electron chi connectivity index (χ2n) is 13.7. The summed E-state index contributed by atoms with van der Waals surface area (Å²) in [7, 11) is -1.17. The van der Waals surface area contributed by atoms with E-state index >= 15 is 0 Å². The second kappa shape index (κ2) is 13.0. The van der Waals surface area contributed by atoms with Crippen molar-refractivity contribution in [3.8, 4) is 5.75 Å². The van der Waals surface area contributed by atoms with Crippen LogP contribution in [0.4, 0.5) is 5.69 Å². The number of aryl methyl sites for hydroxylation is 2. The van der Waals surface area contributed by atoms with Crippen molar-refractivity contribution in [3.63, 3.8) is 0 Å². The standard InChI is InChI=1S/C36H48N2O5S/c1-4-29(39)22-44(41)18-7-5-6-10-33(42-3)30-14-12-28(30)21-38-23-36(17-8-9-26-19-25(2)11-15-31(26)36)24-43-34-16-13-27(20-32(34)38)35(40)37-44/h11,13,15-16,19-20,28,30,33H,4-10,12,14,17-18,21-24H2,1-3H3/t28-,30+,33-,36-,44+/m0/s1. The van der Waals surface area contributed by atoms with Crippen LogP contribution in [-0.4, -0.2) is 60.3 Å². The van der Waals surface area contributed by atoms with Crippen molar-refractivity contribution in [2.75, 3.05) is 43.2 Å². The summed E-state index contributed by atoms with van der Waals surface area (Å²) in [4.78, 5) is 28.5. The van der Waals surface area contributed by atoms with Crippen LogP contribution in [0.2, 0.25) is 0 Å². The van der Waals surface area contributed by atoms with Gasteiger partial charge in [0.2, 0.25) is 0 Å². The number of benzene rings is 2. The molecule has 8 heteroatoms. The molecule has 1 fully saturated rings. The Bertz CT molecular complexity index is 1530. The van der Waals surface area contributed by atoms with Gasteiger partial charge in [0.25, 0.3) is 5.91 Å². The van der Waals surface area contributed by atoms with E-state index in [4.69, 9.17) is 9.47 Å². The molecule has 0 aromatic heterocycles. The van der Waals surface area contributed by atoms with Crippen molar-refractivity contribution >= 4 is 27.1 Å². The van der Waals surface area contributed by atoms with E-state index in [-0.39, 0.29) is 35.2 Å². The largest absolute Gasteiger partial charge is 0.490 e. The van der Waals surface area contributed by atoms with Crippen molar-refractivity contribution in [2.45, 2.75) is 89.6 Å². The molecule has 238 valence electrons. The molecule has 4 aliphatic rings. The van der Waals surface area contributed by atoms with E-state index in [1.807, 2.05) is 19.2 Å². The number of hydrogen-bond donors (Lipinski definition) is 0. The number of carbonyl (C=O) groups is 2. The SMILES string of the molecule is CCC(=O)C[S@@]1(=O)=NC(=O)c2ccc3c(c2)N(C[C@@H]2CC[C@H]2[C@@H](OC)CCCCC1)C[C@@]1(CCCc2cc(C)ccc21)CO3. The smallest absolute Gasteiger partial charge is 0.285 e. The number of nitrogens with zero attached hydrogens (tertiary/aromatic N) is 2. The van der Waals surface area contributed by atoms with Crippen molar-refractivity contribution in [3.05, 3.63) is 58.7 Å². The average Bonchev–Trinajstić information content (AvgIpc) is 3.14. The van der Waals surface area contributed by atoms with Gasteiger partial charge in [-0.15, -0.1) is 0 Å². The molecule has 2 aromatic rings. The Morgan fingerprint density at radius 1 is 1.11 bits per heavy atom. The summed E-state index contributed by atoms with van der Waals surface area (Å²) >= 11 is 0. The van der Waals surface area contributed by atoms with E-state index in [2.05, 4.69) is 34.4 Å². The molecule has 6 rings (SSSR count). The zero-order valence-corrected chi connectivity index (χ0v) is 27.5. The first-order valence-electron chi connectivity index (χ1n) is 16.7. The van der Waals surface area contributed by atoms with Crippen molar-refractivity contribution in [2.24, 2.45) is 16.2 Å². The maximum atomic E-state index is 13.9. The number of Topliss-reactive ketones (excluding diaryl/α,β-unsaturated/α-hetero) is 1. The molecule has 0 saturated heterocycles. The van der Waals surface area contributed by atoms with Crippen LogP contribution in [0.5, 0.6) is 5.75 Å². The van der Waals surface area contributed by atoms with Gasteiger partial charge in [0.05, 0.1) is 33.9 Å². The third-order valence-electron chi connectivity index (χ3n) is 10.7. The van der Waals surface area contributed by atoms with Gasteiger partial charge in [-0.3, -0.25) is 9.59 Å². The lowest BCUT2D eigenvalue weighted by atomic mass is 9.68. The summed E-state index contributed by atoms with van der Waals surface area (Å²) in [6.07, 6.45) is 9.55. The van der Waals surface area contributed by atoms with Gasteiger partial charge in [-0.2, -0.15) is 4.36 Å². The molecular weight excluding hydrogens is 572 g/mol. The molecule has 2 aliphatic carbocycles. The van der Waals surface area contributed by atoms with Crippen molar-refractivity contribution in [1.82, 2.24) is 0 Å². The summed E-state index contributed by atoms with van der Waals surface area (Å²) in [5.41, 5.74) is 5.26. The third-order valence-corrected chi connectivity index (χ3v) is 12.9. The highest BCUT2D eigenvalue weighted by Gasteiger charge is 2.44. The predicted octanol–water partition coefficient (Wildman–Crippen LogP) is 6.67. The molecule has 2 heterocycles. The lowest BCUT2D eigenvalue weighted by Crippen LogP contribution is -2.49. The Kier molecular flexibility index (Phi) is 9.21. The average molecular weight is 621 g/mol. The number of methoxy groups -OCH3 is 1. The van der Waals surface area contributed by atoms with Crippen molar-refractivity contribution < 1.29 is 23.3 Å². The summed E-state index contributed by atoms with van der Waals surface area (Å²) in [5.74, 6) is 1.23. The molecule has 0 unspecified atom stereocenters. The molecular formula is C36H48N2O5S. The Labute approximate surface area is 263 Å². The number of ether oxygens (including phenoxy) is 2. The van der Waals surface area contributed by atoms with Crippen molar-refractivity contribution in [1.29, 1.82) is 0 Å². The fourth-order valence-electron chi connectivity index (χ4n) is 8.07. The molecule has 0 N–H and O–H groups in total. The molecule has 2 aromatic carbocycles. The lowest BCUT2D eigenvalue weighted by Gasteiger charge is -2.46. The minimum absolute atomic E-state index is 0.119. The number of anilines is 1. The number of fused-ring (bicyclic) bond motifs is 4. The van der Waals surface area contributed by atoms with Gasteiger partial charge >= 0.3 is 0 Å². The van der Waals surface area contributed by atoms with E-state index in [1.54, 1.807) is 13.0 Å². The highest BCUT2D eigenvalue weighted by atomic mass is 32.2. The summed E-state index contributed by atoms with van der Waals surface area (Å²) in [6, 6.07) is 12.4. The first-order valence-corrected chi connectivity index (χ1v) is 18.5. The van der Waals surface area contributed by atoms with Gasteiger partial charge in [-0.05, 0) is 93.0 Å². The van der Waals surface area contributed by atoms with Crippen LogP contribution in [0, 0.1) is 18.8 Å². The number of amides is 1. The number of rotatable bonds is 4. The first kappa shape index (κ1) is 31.3. The van der Waals surface area contributed by atoms with E-state index in [1.165, 1.54) is 23.1 Å². The third kappa shape index (κ3) is 6.34. The minimum atomic E-state index is -3.01. The van der Waals surface area contributed by atoms with Gasteiger partial charge in [-0.25, -0.2) is 4.21 Å². The minimum Gasteiger partial charge on any atom is -0.490 e. The van der Waals surface area contributed by atoms with Crippen LogP contribution in [0.25, 0.3) is 0 Å². The molecule has 5 atom stereocenters. The zero-order valence-electron chi connectivity index (χ0n) is 26.6. The van der Waals surface area contributed by atoms with E-state index in [0.29, 0.717) is 30.4 Å². The van der Waals surface area contributed by atoms with Gasteiger partial charge < -0.3 is 14.4 Å². The molecule has 44 heavy (non-hydrogen) atoms. The summed E-state index contributed by atoms with van der Waals surface area (Å²) < 4.78 is 31.0. The number of carbonyl (C=O) groups excluding carboxylic acids is 2. The monoisotopic (exact) mass is 620 g/mol. The molecule has 2 aliphatic heterocycles. The number of hydrogen-bond acceptors (Lipinski definition) is 6. The Morgan fingerprint density at radius 2 is 1.98 bits per heavy atom. The van der Waals surface area contributed by atoms with Gasteiger partial charge in [-0.1, -0.05) is 43.5 Å². The van der Waals surface area contributed by atoms with Crippen LogP contribution < -0.4 is 9.64 Å². The van der Waals surface area contributed by atoms with E-state index in [9.17, 15) is 13.8 Å². The predicted molar refractivity (Wildman–Crippen MR) is 175 cm³/mol. The number of ketones is 1. The Balaban J connectivity index is 1.43. The highest BCUT2D eigenvalue weighted by molar-refractivity contribution is 7.94. The summed E-state index contributed by atoms with van der Waals surface area (Å²) in [5, 5.41) is 0. The molecule has 7 nitrogen and oxygen atoms in total. The van der Waals surface area contributed by atoms with Crippen LogP contribution in [-0.2, 0) is 31.1 Å². The second-order valence-corrected chi connectivity index (χ2v) is 16.1. The fourth-order valence-corrected chi connectivity index (χ4v) is 10.1. The van der Waals surface area contributed by atoms with E-state index < -0.39 is 15.6 Å². The summed E-state index contributed by atoms with van der Waals surface area (Å²) in [6.45, 7) is 6.20. The zero-order chi connectivity index (χ0) is 30.9. The first-order chi connectivity index (χ1) is 21.2. The van der Waals surface area contributed by atoms with Crippen LogP contribution in [0.1, 0.15) is 91.8 Å². The van der Waals surface area contributed by atoms with Crippen LogP contribution in [0.15, 0.2) is 40.8 Å². The topological polar surface area (TPSA) is 85.3 Å². The molecule has 1 spiro atoms. The molecule has 1 amide bonds. The maximum Gasteiger partial charge on any atom is 0.285 e. The quantitative estimate of drug-likeness (QED) is 0.380. The highest BCUT2D eigenvalue weighted by Crippen LogP contribution is 2.47. The van der Waals surface area contributed by atoms with Gasteiger partial charge in [0.15, 0.2) is 0 Å². The molecule has 0 radical (unpaired) electrons. The maximum absolute atomic E-state index is 13.9. The Hall–Kier alpha value is -2.71. The lowest BCUT2D eigenvalue weighted by molar-refractivity contribution is -0.116. The Morgan fingerprint density at radius 3 is 2.75 bits per heavy atom. The van der Waals surface area contributed by atoms with E-state index in [0.717, 1.165) is 69.5 Å². The normalized spacial score (nSPS) is 30.7. The van der Waals surface area contributed by atoms with Gasteiger partial charge in [0, 0.05) is 43.4 Å². The molecule has 2 bridgehead atoms. The van der Waals surface area contributed by atoms with Crippen LogP contribution >= 0.6 is 0 Å².